The molecule has 6 heteroatoms. The van der Waals surface area contributed by atoms with Crippen molar-refractivity contribution in [2.75, 3.05) is 18.0 Å². The molecular weight excluding hydrogens is 311 g/mol. The Morgan fingerprint density at radius 3 is 2.67 bits per heavy atom. The van der Waals surface area contributed by atoms with Crippen molar-refractivity contribution in [3.63, 3.8) is 0 Å². The normalized spacial score (nSPS) is 16.8. The van der Waals surface area contributed by atoms with Crippen LogP contribution in [-0.4, -0.2) is 31.2 Å². The van der Waals surface area contributed by atoms with E-state index >= 15 is 0 Å². The molecule has 1 heterocycles. The van der Waals surface area contributed by atoms with Crippen LogP contribution in [0.2, 0.25) is 0 Å². The number of aryl methyl sites for hydroxylation is 1. The van der Waals surface area contributed by atoms with Gasteiger partial charge in [0.15, 0.2) is 0 Å². The van der Waals surface area contributed by atoms with E-state index in [2.05, 4.69) is 5.32 Å². The van der Waals surface area contributed by atoms with Gasteiger partial charge >= 0.3 is 6.09 Å². The molecule has 24 heavy (non-hydrogen) atoms. The van der Waals surface area contributed by atoms with Crippen molar-refractivity contribution in [2.24, 2.45) is 0 Å². The number of benzene rings is 2. The third-order valence-electron chi connectivity index (χ3n) is 3.89. The number of halogens is 1. The summed E-state index contributed by atoms with van der Waals surface area (Å²) in [7, 11) is 0. The van der Waals surface area contributed by atoms with E-state index < -0.39 is 12.2 Å². The lowest BCUT2D eigenvalue weighted by Gasteiger charge is -2.13. The van der Waals surface area contributed by atoms with Crippen molar-refractivity contribution in [2.45, 2.75) is 13.0 Å². The van der Waals surface area contributed by atoms with Gasteiger partial charge in [-0.05, 0) is 42.8 Å². The highest BCUT2D eigenvalue weighted by Crippen LogP contribution is 2.21. The molecule has 2 amide bonds. The molecule has 2 aromatic carbocycles. The topological polar surface area (TPSA) is 58.6 Å². The van der Waals surface area contributed by atoms with E-state index in [0.717, 1.165) is 5.56 Å². The fourth-order valence-electron chi connectivity index (χ4n) is 2.59. The number of carbonyl (C=O) groups is 2. The molecule has 0 aromatic heterocycles. The Bertz CT molecular complexity index is 761. The van der Waals surface area contributed by atoms with Crippen LogP contribution >= 0.6 is 0 Å². The SMILES string of the molecule is Cc1ccccc1C(=O)NCC1CN(c2ccc(F)cc2)C(=O)O1. The molecule has 1 saturated heterocycles. The first-order chi connectivity index (χ1) is 11.5. The Hall–Kier alpha value is -2.89. The fraction of sp³-hybridized carbons (Fsp3) is 0.222. The third kappa shape index (κ3) is 3.37. The number of hydrogen-bond donors (Lipinski definition) is 1. The summed E-state index contributed by atoms with van der Waals surface area (Å²) in [5, 5.41) is 2.78. The molecule has 1 aliphatic heterocycles. The van der Waals surface area contributed by atoms with Crippen LogP contribution in [0.4, 0.5) is 14.9 Å². The average molecular weight is 328 g/mol. The van der Waals surface area contributed by atoms with Gasteiger partial charge < -0.3 is 10.1 Å². The van der Waals surface area contributed by atoms with Crippen molar-refractivity contribution in [3.05, 3.63) is 65.5 Å². The smallest absolute Gasteiger partial charge is 0.414 e. The van der Waals surface area contributed by atoms with Gasteiger partial charge in [-0.1, -0.05) is 18.2 Å². The Labute approximate surface area is 139 Å². The molecule has 0 radical (unpaired) electrons. The molecule has 0 aliphatic carbocycles. The maximum Gasteiger partial charge on any atom is 0.414 e. The molecule has 124 valence electrons. The zero-order valence-electron chi connectivity index (χ0n) is 13.2. The Morgan fingerprint density at radius 1 is 1.25 bits per heavy atom. The summed E-state index contributed by atoms with van der Waals surface area (Å²) < 4.78 is 18.2. The molecule has 3 rings (SSSR count). The lowest BCUT2D eigenvalue weighted by molar-refractivity contribution is 0.0915. The largest absolute Gasteiger partial charge is 0.442 e. The highest BCUT2D eigenvalue weighted by atomic mass is 19.1. The summed E-state index contributed by atoms with van der Waals surface area (Å²) >= 11 is 0. The number of nitrogens with one attached hydrogen (secondary N) is 1. The number of nitrogens with zero attached hydrogens (tertiary/aromatic N) is 1. The van der Waals surface area contributed by atoms with E-state index in [9.17, 15) is 14.0 Å². The van der Waals surface area contributed by atoms with Gasteiger partial charge in [-0.25, -0.2) is 9.18 Å². The molecule has 0 bridgehead atoms. The number of hydrogen-bond acceptors (Lipinski definition) is 3. The van der Waals surface area contributed by atoms with E-state index in [0.29, 0.717) is 17.8 Å². The van der Waals surface area contributed by atoms with Crippen molar-refractivity contribution < 1.29 is 18.7 Å². The van der Waals surface area contributed by atoms with Gasteiger partial charge in [0, 0.05) is 11.3 Å². The minimum absolute atomic E-state index is 0.204. The van der Waals surface area contributed by atoms with Crippen LogP contribution in [-0.2, 0) is 4.74 Å². The Balaban J connectivity index is 1.59. The maximum atomic E-state index is 13.0. The van der Waals surface area contributed by atoms with Gasteiger partial charge in [0.2, 0.25) is 0 Å². The quantitative estimate of drug-likeness (QED) is 0.939. The summed E-state index contributed by atoms with van der Waals surface area (Å²) in [4.78, 5) is 25.5. The van der Waals surface area contributed by atoms with Gasteiger partial charge in [-0.2, -0.15) is 0 Å². The number of ether oxygens (including phenoxy) is 1. The van der Waals surface area contributed by atoms with Crippen molar-refractivity contribution in [3.8, 4) is 0 Å². The zero-order chi connectivity index (χ0) is 17.1. The van der Waals surface area contributed by atoms with Gasteiger partial charge in [0.1, 0.15) is 11.9 Å². The zero-order valence-corrected chi connectivity index (χ0v) is 13.2. The predicted octanol–water partition coefficient (Wildman–Crippen LogP) is 2.89. The second kappa shape index (κ2) is 6.70. The molecule has 0 spiro atoms. The lowest BCUT2D eigenvalue weighted by atomic mass is 10.1. The average Bonchev–Trinajstić information content (AvgIpc) is 2.95. The van der Waals surface area contributed by atoms with Crippen LogP contribution in [0.1, 0.15) is 15.9 Å². The van der Waals surface area contributed by atoms with Gasteiger partial charge in [-0.15, -0.1) is 0 Å². The summed E-state index contributed by atoms with van der Waals surface area (Å²) in [6, 6.07) is 12.9. The molecule has 5 nitrogen and oxygen atoms in total. The minimum atomic E-state index is -0.503. The van der Waals surface area contributed by atoms with E-state index in [1.165, 1.54) is 29.2 Å². The van der Waals surface area contributed by atoms with Gasteiger partial charge in [-0.3, -0.25) is 9.69 Å². The summed E-state index contributed by atoms with van der Waals surface area (Å²) in [5.74, 6) is -0.572. The van der Waals surface area contributed by atoms with Crippen molar-refractivity contribution in [1.82, 2.24) is 5.32 Å². The number of anilines is 1. The standard InChI is InChI=1S/C18H17FN2O3/c1-12-4-2-3-5-16(12)17(22)20-10-15-11-21(18(23)24-15)14-8-6-13(19)7-9-14/h2-9,15H,10-11H2,1H3,(H,20,22). The second-order valence-corrected chi connectivity index (χ2v) is 5.62. The van der Waals surface area contributed by atoms with E-state index in [1.807, 2.05) is 19.1 Å². The van der Waals surface area contributed by atoms with Crippen molar-refractivity contribution >= 4 is 17.7 Å². The van der Waals surface area contributed by atoms with E-state index in [1.54, 1.807) is 12.1 Å². The van der Waals surface area contributed by atoms with Crippen LogP contribution in [0.3, 0.4) is 0 Å². The minimum Gasteiger partial charge on any atom is -0.442 e. The molecule has 1 aliphatic rings. The molecule has 1 atom stereocenters. The Morgan fingerprint density at radius 2 is 1.96 bits per heavy atom. The highest BCUT2D eigenvalue weighted by Gasteiger charge is 2.32. The molecule has 1 unspecified atom stereocenters. The first-order valence-corrected chi connectivity index (χ1v) is 7.62. The molecule has 2 aromatic rings. The Kier molecular flexibility index (Phi) is 4.46. The second-order valence-electron chi connectivity index (χ2n) is 5.62. The third-order valence-corrected chi connectivity index (χ3v) is 3.89. The molecule has 1 fully saturated rings. The van der Waals surface area contributed by atoms with Gasteiger partial charge in [0.25, 0.3) is 5.91 Å². The van der Waals surface area contributed by atoms with Crippen LogP contribution in [0.15, 0.2) is 48.5 Å². The summed E-state index contributed by atoms with van der Waals surface area (Å²) in [6.45, 7) is 2.38. The summed E-state index contributed by atoms with van der Waals surface area (Å²) in [6.07, 6.45) is -0.952. The van der Waals surface area contributed by atoms with E-state index in [-0.39, 0.29) is 18.3 Å². The number of cyclic esters (lactones) is 1. The molecule has 1 N–H and O–H groups in total. The van der Waals surface area contributed by atoms with Crippen LogP contribution < -0.4 is 10.2 Å². The van der Waals surface area contributed by atoms with E-state index in [4.69, 9.17) is 4.74 Å². The first kappa shape index (κ1) is 16.0. The summed E-state index contributed by atoms with van der Waals surface area (Å²) in [5.41, 5.74) is 2.04. The lowest BCUT2D eigenvalue weighted by Crippen LogP contribution is -2.34. The van der Waals surface area contributed by atoms with Crippen molar-refractivity contribution in [1.29, 1.82) is 0 Å². The monoisotopic (exact) mass is 328 g/mol. The van der Waals surface area contributed by atoms with Crippen LogP contribution in [0.5, 0.6) is 0 Å². The number of carbonyl (C=O) groups excluding carboxylic acids is 2. The van der Waals surface area contributed by atoms with Crippen LogP contribution in [0.25, 0.3) is 0 Å². The van der Waals surface area contributed by atoms with Crippen LogP contribution in [0, 0.1) is 12.7 Å². The fourth-order valence-corrected chi connectivity index (χ4v) is 2.59. The molecular formula is C18H17FN2O3. The highest BCUT2D eigenvalue weighted by molar-refractivity contribution is 5.95. The number of amides is 2. The first-order valence-electron chi connectivity index (χ1n) is 7.62. The maximum absolute atomic E-state index is 13.0. The van der Waals surface area contributed by atoms with Gasteiger partial charge in [0.05, 0.1) is 13.1 Å². The number of rotatable bonds is 4. The predicted molar refractivity (Wildman–Crippen MR) is 87.5 cm³/mol. The molecule has 0 saturated carbocycles.